The van der Waals surface area contributed by atoms with E-state index in [0.29, 0.717) is 6.04 Å². The molecule has 72 valence electrons. The van der Waals surface area contributed by atoms with Crippen LogP contribution in [0.25, 0.3) is 0 Å². The maximum Gasteiger partial charge on any atom is 0.0622 e. The second-order valence-corrected chi connectivity index (χ2v) is 4.43. The highest BCUT2D eigenvalue weighted by Crippen LogP contribution is 2.27. The van der Waals surface area contributed by atoms with Crippen LogP contribution in [0.15, 0.2) is 24.3 Å². The number of nitrogens with one attached hydrogen (secondary N) is 1. The van der Waals surface area contributed by atoms with Gasteiger partial charge in [-0.15, -0.1) is 11.3 Å². The first kappa shape index (κ1) is 10.5. The van der Waals surface area contributed by atoms with E-state index in [1.54, 1.807) is 0 Å². The summed E-state index contributed by atoms with van der Waals surface area (Å²) in [7, 11) is 1.98. The minimum absolute atomic E-state index is 0.324. The van der Waals surface area contributed by atoms with Gasteiger partial charge in [-0.2, -0.15) is 0 Å². The molecule has 0 fully saturated rings. The fraction of sp³-hybridized carbons (Fsp3) is 0.455. The van der Waals surface area contributed by atoms with E-state index in [4.69, 9.17) is 0 Å². The first-order chi connectivity index (χ1) is 6.19. The monoisotopic (exact) mass is 195 g/mol. The summed E-state index contributed by atoms with van der Waals surface area (Å²) in [5.74, 6) is 0. The summed E-state index contributed by atoms with van der Waals surface area (Å²) in [6.07, 6.45) is 1.12. The number of likely N-dealkylation sites (N-methyl/N-ethyl adjacent to an activating group) is 1. The van der Waals surface area contributed by atoms with Crippen molar-refractivity contribution in [2.24, 2.45) is 0 Å². The molecule has 2 heteroatoms. The van der Waals surface area contributed by atoms with E-state index in [0.717, 1.165) is 6.42 Å². The van der Waals surface area contributed by atoms with E-state index in [9.17, 15) is 0 Å². The third-order valence-corrected chi connectivity index (χ3v) is 3.39. The first-order valence-corrected chi connectivity index (χ1v) is 5.42. The largest absolute Gasteiger partial charge is 0.309 e. The third-order valence-electron chi connectivity index (χ3n) is 2.10. The van der Waals surface area contributed by atoms with Crippen LogP contribution >= 0.6 is 11.3 Å². The molecule has 0 radical (unpaired) electrons. The molecule has 1 rings (SSSR count). The van der Waals surface area contributed by atoms with Gasteiger partial charge < -0.3 is 5.32 Å². The highest BCUT2D eigenvalue weighted by atomic mass is 32.1. The maximum absolute atomic E-state index is 3.98. The summed E-state index contributed by atoms with van der Waals surface area (Å²) >= 11 is 1.87. The van der Waals surface area contributed by atoms with Crippen molar-refractivity contribution in [3.8, 4) is 0 Å². The summed E-state index contributed by atoms with van der Waals surface area (Å²) in [5, 5.41) is 3.27. The maximum atomic E-state index is 3.98. The van der Waals surface area contributed by atoms with Crippen LogP contribution in [-0.4, -0.2) is 7.05 Å². The van der Waals surface area contributed by atoms with Gasteiger partial charge in [0.05, 0.1) is 6.04 Å². The molecule has 0 aliphatic rings. The Bertz CT molecular complexity index is 288. The SMILES string of the molecule is C=C(C)C(NC)c1ccc(CC)s1. The van der Waals surface area contributed by atoms with Gasteiger partial charge in [-0.05, 0) is 32.5 Å². The molecule has 0 aromatic carbocycles. The highest BCUT2D eigenvalue weighted by molar-refractivity contribution is 7.12. The molecule has 0 saturated heterocycles. The van der Waals surface area contributed by atoms with Crippen LogP contribution in [0, 0.1) is 0 Å². The van der Waals surface area contributed by atoms with E-state index in [2.05, 4.69) is 37.9 Å². The van der Waals surface area contributed by atoms with Crippen molar-refractivity contribution in [1.82, 2.24) is 5.32 Å². The molecule has 0 spiro atoms. The van der Waals surface area contributed by atoms with Gasteiger partial charge in [0, 0.05) is 9.75 Å². The highest BCUT2D eigenvalue weighted by Gasteiger charge is 2.11. The van der Waals surface area contributed by atoms with Gasteiger partial charge in [0.25, 0.3) is 0 Å². The van der Waals surface area contributed by atoms with Crippen LogP contribution in [0.2, 0.25) is 0 Å². The van der Waals surface area contributed by atoms with Gasteiger partial charge >= 0.3 is 0 Å². The topological polar surface area (TPSA) is 12.0 Å². The van der Waals surface area contributed by atoms with E-state index in [1.165, 1.54) is 15.3 Å². The molecule has 1 nitrogen and oxygen atoms in total. The Kier molecular flexibility index (Phi) is 3.70. The molecule has 1 atom stereocenters. The van der Waals surface area contributed by atoms with Gasteiger partial charge in [-0.25, -0.2) is 0 Å². The van der Waals surface area contributed by atoms with Gasteiger partial charge in [0.1, 0.15) is 0 Å². The predicted molar refractivity (Wildman–Crippen MR) is 60.3 cm³/mol. The van der Waals surface area contributed by atoms with Crippen LogP contribution in [0.4, 0.5) is 0 Å². The molecule has 1 N–H and O–H groups in total. The van der Waals surface area contributed by atoms with Crippen molar-refractivity contribution in [3.63, 3.8) is 0 Å². The smallest absolute Gasteiger partial charge is 0.0622 e. The second kappa shape index (κ2) is 4.58. The lowest BCUT2D eigenvalue weighted by Crippen LogP contribution is -2.15. The Labute approximate surface area is 84.5 Å². The van der Waals surface area contributed by atoms with Crippen molar-refractivity contribution in [3.05, 3.63) is 34.0 Å². The van der Waals surface area contributed by atoms with E-state index >= 15 is 0 Å². The lowest BCUT2D eigenvalue weighted by Gasteiger charge is -2.13. The standard InChI is InChI=1S/C11H17NS/c1-5-9-6-7-10(13-9)11(12-4)8(2)3/h6-7,11-12H,2,5H2,1,3-4H3. The molecule has 0 aliphatic heterocycles. The van der Waals surface area contributed by atoms with Gasteiger partial charge in [0.15, 0.2) is 0 Å². The quantitative estimate of drug-likeness (QED) is 0.728. The Morgan fingerprint density at radius 3 is 2.69 bits per heavy atom. The first-order valence-electron chi connectivity index (χ1n) is 4.60. The van der Waals surface area contributed by atoms with Crippen LogP contribution < -0.4 is 5.32 Å². The van der Waals surface area contributed by atoms with E-state index < -0.39 is 0 Å². The van der Waals surface area contributed by atoms with Crippen molar-refractivity contribution in [2.75, 3.05) is 7.05 Å². The molecule has 1 heterocycles. The minimum atomic E-state index is 0.324. The van der Waals surface area contributed by atoms with Crippen molar-refractivity contribution >= 4 is 11.3 Å². The average Bonchev–Trinajstić information content (AvgIpc) is 2.53. The Hall–Kier alpha value is -0.600. The molecule has 1 unspecified atom stereocenters. The molecule has 1 aromatic heterocycles. The van der Waals surface area contributed by atoms with E-state index in [-0.39, 0.29) is 0 Å². The number of hydrogen-bond acceptors (Lipinski definition) is 2. The van der Waals surface area contributed by atoms with Gasteiger partial charge in [-0.3, -0.25) is 0 Å². The van der Waals surface area contributed by atoms with Crippen LogP contribution in [-0.2, 0) is 6.42 Å². The molecule has 1 aromatic rings. The van der Waals surface area contributed by atoms with Crippen LogP contribution in [0.5, 0.6) is 0 Å². The summed E-state index contributed by atoms with van der Waals surface area (Å²) < 4.78 is 0. The minimum Gasteiger partial charge on any atom is -0.309 e. The summed E-state index contributed by atoms with van der Waals surface area (Å²) in [4.78, 5) is 2.81. The van der Waals surface area contributed by atoms with Crippen LogP contribution in [0.1, 0.15) is 29.6 Å². The molecule has 0 saturated carbocycles. The molecular weight excluding hydrogens is 178 g/mol. The molecular formula is C11H17NS. The van der Waals surface area contributed by atoms with Crippen molar-refractivity contribution < 1.29 is 0 Å². The summed E-state index contributed by atoms with van der Waals surface area (Å²) in [5.41, 5.74) is 1.17. The molecule has 0 aliphatic carbocycles. The Morgan fingerprint density at radius 1 is 1.62 bits per heavy atom. The second-order valence-electron chi connectivity index (χ2n) is 3.23. The predicted octanol–water partition coefficient (Wildman–Crippen LogP) is 3.15. The van der Waals surface area contributed by atoms with Gasteiger partial charge in [-0.1, -0.05) is 19.1 Å². The zero-order valence-electron chi connectivity index (χ0n) is 8.55. The summed E-state index contributed by atoms with van der Waals surface area (Å²) in [6.45, 7) is 8.23. The Morgan fingerprint density at radius 2 is 2.31 bits per heavy atom. The number of aryl methyl sites for hydroxylation is 1. The number of rotatable bonds is 4. The fourth-order valence-electron chi connectivity index (χ4n) is 1.37. The summed E-state index contributed by atoms with van der Waals surface area (Å²) in [6, 6.07) is 4.72. The number of hydrogen-bond donors (Lipinski definition) is 1. The molecule has 0 bridgehead atoms. The van der Waals surface area contributed by atoms with Gasteiger partial charge in [0.2, 0.25) is 0 Å². The number of thiophene rings is 1. The molecule has 13 heavy (non-hydrogen) atoms. The normalized spacial score (nSPS) is 12.8. The van der Waals surface area contributed by atoms with Crippen molar-refractivity contribution in [2.45, 2.75) is 26.3 Å². The Balaban J connectivity index is 2.85. The molecule has 0 amide bonds. The lowest BCUT2D eigenvalue weighted by atomic mass is 10.1. The zero-order valence-corrected chi connectivity index (χ0v) is 9.37. The average molecular weight is 195 g/mol. The van der Waals surface area contributed by atoms with Crippen molar-refractivity contribution in [1.29, 1.82) is 0 Å². The van der Waals surface area contributed by atoms with Crippen LogP contribution in [0.3, 0.4) is 0 Å². The third kappa shape index (κ3) is 2.42. The van der Waals surface area contributed by atoms with E-state index in [1.807, 2.05) is 18.4 Å². The fourth-order valence-corrected chi connectivity index (χ4v) is 2.53. The lowest BCUT2D eigenvalue weighted by molar-refractivity contribution is 0.691. The zero-order chi connectivity index (χ0) is 9.84.